The number of rotatable bonds is 7. The van der Waals surface area contributed by atoms with Crippen LogP contribution in [-0.2, 0) is 14.3 Å². The lowest BCUT2D eigenvalue weighted by Gasteiger charge is -2.16. The van der Waals surface area contributed by atoms with Crippen LogP contribution < -0.4 is 10.2 Å². The number of benzene rings is 2. The van der Waals surface area contributed by atoms with E-state index in [2.05, 4.69) is 10.1 Å². The number of non-ortho nitro benzene ring substituents is 1. The highest BCUT2D eigenvalue weighted by molar-refractivity contribution is 6.00. The number of nitrogens with zero attached hydrogens (tertiary/aromatic N) is 2. The number of nitro groups is 1. The quantitative estimate of drug-likeness (QED) is 0.415. The molecule has 0 aromatic heterocycles. The minimum Gasteiger partial charge on any atom is -0.465 e. The number of methoxy groups -OCH3 is 1. The Hall–Kier alpha value is -3.95. The molecule has 1 amide bonds. The van der Waals surface area contributed by atoms with Gasteiger partial charge in [0.2, 0.25) is 0 Å². The third kappa shape index (κ3) is 5.31. The minimum absolute atomic E-state index is 0.0362. The molecule has 0 aliphatic carbocycles. The molecule has 0 radical (unpaired) electrons. The molecule has 0 atom stereocenters. The first-order valence-electron chi connectivity index (χ1n) is 8.75. The Balaban J connectivity index is 2.12. The molecule has 0 bridgehead atoms. The molecular formula is C20H21N3O7. The molecule has 0 fully saturated rings. The number of anilines is 2. The number of nitrogens with one attached hydrogen (secondary N) is 1. The first-order valence-corrected chi connectivity index (χ1v) is 8.75. The number of carbonyl (C=O) groups excluding carboxylic acids is 3. The lowest BCUT2D eigenvalue weighted by molar-refractivity contribution is -0.384. The third-order valence-electron chi connectivity index (χ3n) is 4.16. The molecule has 10 heteroatoms. The normalized spacial score (nSPS) is 10.1. The monoisotopic (exact) mass is 415 g/mol. The lowest BCUT2D eigenvalue weighted by atomic mass is 10.1. The predicted molar refractivity (Wildman–Crippen MR) is 109 cm³/mol. The highest BCUT2D eigenvalue weighted by Crippen LogP contribution is 2.25. The van der Waals surface area contributed by atoms with Crippen molar-refractivity contribution in [2.75, 3.05) is 38.0 Å². The molecule has 158 valence electrons. The number of nitro benzene ring substituents is 1. The fraction of sp³-hybridized carbons (Fsp3) is 0.250. The second-order valence-corrected chi connectivity index (χ2v) is 6.50. The van der Waals surface area contributed by atoms with Crippen LogP contribution in [0.5, 0.6) is 0 Å². The Bertz CT molecular complexity index is 1000. The van der Waals surface area contributed by atoms with E-state index in [1.807, 2.05) is 0 Å². The molecule has 0 saturated carbocycles. The molecule has 2 rings (SSSR count). The van der Waals surface area contributed by atoms with Crippen molar-refractivity contribution < 1.29 is 28.8 Å². The standard InChI is InChI=1S/C20H21N3O7/c1-12-5-6-13(19(25)29-4)9-16(12)21-18(24)11-30-20(26)15-10-14(23(27)28)7-8-17(15)22(2)3/h5-10H,11H2,1-4H3,(H,21,24). The molecule has 0 saturated heterocycles. The largest absolute Gasteiger partial charge is 0.465 e. The summed E-state index contributed by atoms with van der Waals surface area (Å²) in [5, 5.41) is 13.6. The average Bonchev–Trinajstić information content (AvgIpc) is 2.72. The number of esters is 2. The van der Waals surface area contributed by atoms with Crippen molar-refractivity contribution in [1.82, 2.24) is 0 Å². The Morgan fingerprint density at radius 2 is 1.80 bits per heavy atom. The van der Waals surface area contributed by atoms with E-state index in [-0.39, 0.29) is 16.8 Å². The highest BCUT2D eigenvalue weighted by atomic mass is 16.6. The third-order valence-corrected chi connectivity index (χ3v) is 4.16. The zero-order chi connectivity index (χ0) is 22.4. The molecule has 0 aliphatic rings. The number of carbonyl (C=O) groups is 3. The van der Waals surface area contributed by atoms with Crippen molar-refractivity contribution in [3.63, 3.8) is 0 Å². The SMILES string of the molecule is COC(=O)c1ccc(C)c(NC(=O)COC(=O)c2cc([N+](=O)[O-])ccc2N(C)C)c1. The van der Waals surface area contributed by atoms with Gasteiger partial charge in [0.05, 0.1) is 28.8 Å². The summed E-state index contributed by atoms with van der Waals surface area (Å²) in [5.41, 5.74) is 1.41. The van der Waals surface area contributed by atoms with E-state index in [1.165, 1.54) is 25.3 Å². The fourth-order valence-electron chi connectivity index (χ4n) is 2.59. The summed E-state index contributed by atoms with van der Waals surface area (Å²) >= 11 is 0. The molecular weight excluding hydrogens is 394 g/mol. The molecule has 1 N–H and O–H groups in total. The maximum atomic E-state index is 12.4. The van der Waals surface area contributed by atoms with Gasteiger partial charge in [0.25, 0.3) is 11.6 Å². The molecule has 0 spiro atoms. The molecule has 0 unspecified atom stereocenters. The van der Waals surface area contributed by atoms with Crippen LogP contribution in [0.25, 0.3) is 0 Å². The van der Waals surface area contributed by atoms with Crippen molar-refractivity contribution in [1.29, 1.82) is 0 Å². The summed E-state index contributed by atoms with van der Waals surface area (Å²) in [6.45, 7) is 1.12. The van der Waals surface area contributed by atoms with Crippen molar-refractivity contribution in [2.24, 2.45) is 0 Å². The van der Waals surface area contributed by atoms with E-state index < -0.39 is 29.4 Å². The van der Waals surface area contributed by atoms with Crippen LogP contribution >= 0.6 is 0 Å². The zero-order valence-electron chi connectivity index (χ0n) is 16.9. The molecule has 2 aromatic rings. The summed E-state index contributed by atoms with van der Waals surface area (Å²) in [6, 6.07) is 8.44. The van der Waals surface area contributed by atoms with Crippen molar-refractivity contribution in [3.8, 4) is 0 Å². The summed E-state index contributed by atoms with van der Waals surface area (Å²) in [5.74, 6) is -2.07. The van der Waals surface area contributed by atoms with Gasteiger partial charge in [-0.1, -0.05) is 6.07 Å². The predicted octanol–water partition coefficient (Wildman–Crippen LogP) is 2.55. The first kappa shape index (κ1) is 22.3. The van der Waals surface area contributed by atoms with E-state index in [9.17, 15) is 24.5 Å². The molecule has 2 aromatic carbocycles. The summed E-state index contributed by atoms with van der Waals surface area (Å²) in [7, 11) is 4.58. The Labute approximate surface area is 172 Å². The van der Waals surface area contributed by atoms with Crippen molar-refractivity contribution in [2.45, 2.75) is 6.92 Å². The Kier molecular flexibility index (Phi) is 7.08. The number of hydrogen-bond donors (Lipinski definition) is 1. The smallest absolute Gasteiger partial charge is 0.341 e. The van der Waals surface area contributed by atoms with Gasteiger partial charge in [-0.25, -0.2) is 9.59 Å². The van der Waals surface area contributed by atoms with Gasteiger partial charge in [-0.15, -0.1) is 0 Å². The zero-order valence-corrected chi connectivity index (χ0v) is 16.9. The van der Waals surface area contributed by atoms with Crippen LogP contribution in [0.4, 0.5) is 17.1 Å². The van der Waals surface area contributed by atoms with Crippen molar-refractivity contribution >= 4 is 34.9 Å². The van der Waals surface area contributed by atoms with Gasteiger partial charge in [-0.05, 0) is 30.7 Å². The summed E-state index contributed by atoms with van der Waals surface area (Å²) in [6.07, 6.45) is 0. The Morgan fingerprint density at radius 3 is 2.40 bits per heavy atom. The summed E-state index contributed by atoms with van der Waals surface area (Å²) < 4.78 is 9.68. The van der Waals surface area contributed by atoms with Crippen LogP contribution in [0, 0.1) is 17.0 Å². The fourth-order valence-corrected chi connectivity index (χ4v) is 2.59. The van der Waals surface area contributed by atoms with E-state index in [0.29, 0.717) is 16.9 Å². The van der Waals surface area contributed by atoms with Crippen LogP contribution in [0.2, 0.25) is 0 Å². The average molecular weight is 415 g/mol. The highest BCUT2D eigenvalue weighted by Gasteiger charge is 2.20. The van der Waals surface area contributed by atoms with Crippen LogP contribution in [-0.4, -0.2) is 50.6 Å². The summed E-state index contributed by atoms with van der Waals surface area (Å²) in [4.78, 5) is 48.3. The maximum Gasteiger partial charge on any atom is 0.341 e. The number of hydrogen-bond acceptors (Lipinski definition) is 8. The minimum atomic E-state index is -0.877. The first-order chi connectivity index (χ1) is 14.1. The van der Waals surface area contributed by atoms with Gasteiger partial charge in [0.1, 0.15) is 0 Å². The topological polar surface area (TPSA) is 128 Å². The van der Waals surface area contributed by atoms with Crippen molar-refractivity contribution in [3.05, 3.63) is 63.2 Å². The van der Waals surface area contributed by atoms with Gasteiger partial charge >= 0.3 is 11.9 Å². The Morgan fingerprint density at radius 1 is 1.10 bits per heavy atom. The van der Waals surface area contributed by atoms with Gasteiger partial charge in [-0.2, -0.15) is 0 Å². The van der Waals surface area contributed by atoms with E-state index in [4.69, 9.17) is 4.74 Å². The number of ether oxygens (including phenoxy) is 2. The van der Waals surface area contributed by atoms with E-state index in [1.54, 1.807) is 38.1 Å². The molecule has 0 heterocycles. The maximum absolute atomic E-state index is 12.4. The lowest BCUT2D eigenvalue weighted by Crippen LogP contribution is -2.23. The van der Waals surface area contributed by atoms with Gasteiger partial charge in [-0.3, -0.25) is 14.9 Å². The molecule has 30 heavy (non-hydrogen) atoms. The second-order valence-electron chi connectivity index (χ2n) is 6.50. The van der Waals surface area contributed by atoms with Gasteiger partial charge < -0.3 is 19.7 Å². The number of aryl methyl sites for hydroxylation is 1. The van der Waals surface area contributed by atoms with Crippen LogP contribution in [0.15, 0.2) is 36.4 Å². The molecule has 10 nitrogen and oxygen atoms in total. The molecule has 0 aliphatic heterocycles. The van der Waals surface area contributed by atoms with Crippen LogP contribution in [0.3, 0.4) is 0 Å². The van der Waals surface area contributed by atoms with Crippen LogP contribution in [0.1, 0.15) is 26.3 Å². The second kappa shape index (κ2) is 9.50. The van der Waals surface area contributed by atoms with Gasteiger partial charge in [0.15, 0.2) is 6.61 Å². The number of amides is 1. The van der Waals surface area contributed by atoms with E-state index in [0.717, 1.165) is 6.07 Å². The van der Waals surface area contributed by atoms with E-state index >= 15 is 0 Å². The van der Waals surface area contributed by atoms with Gasteiger partial charge in [0, 0.05) is 31.9 Å².